The zero-order chi connectivity index (χ0) is 11.7. The standard InChI is InChI=1S/C10H23NO3S/c1-4-14-9-10(11-3)7-6-8-15(12,13)5-2/h10-11H,4-9H2,1-3H3. The molecule has 0 fully saturated rings. The third kappa shape index (κ3) is 7.76. The van der Waals surface area contributed by atoms with Gasteiger partial charge in [-0.1, -0.05) is 6.92 Å². The average molecular weight is 237 g/mol. The van der Waals surface area contributed by atoms with Gasteiger partial charge in [-0.2, -0.15) is 0 Å². The largest absolute Gasteiger partial charge is 0.380 e. The van der Waals surface area contributed by atoms with Crippen molar-refractivity contribution in [3.63, 3.8) is 0 Å². The summed E-state index contributed by atoms with van der Waals surface area (Å²) in [5.41, 5.74) is 0. The van der Waals surface area contributed by atoms with Gasteiger partial charge in [-0.15, -0.1) is 0 Å². The fourth-order valence-electron chi connectivity index (χ4n) is 1.27. The molecule has 4 nitrogen and oxygen atoms in total. The van der Waals surface area contributed by atoms with Gasteiger partial charge in [-0.05, 0) is 26.8 Å². The van der Waals surface area contributed by atoms with E-state index in [0.29, 0.717) is 19.6 Å². The van der Waals surface area contributed by atoms with Crippen LogP contribution < -0.4 is 5.32 Å². The van der Waals surface area contributed by atoms with Crippen molar-refractivity contribution < 1.29 is 13.2 Å². The third-order valence-electron chi connectivity index (χ3n) is 2.38. The summed E-state index contributed by atoms with van der Waals surface area (Å²) in [6.45, 7) is 4.99. The molecule has 15 heavy (non-hydrogen) atoms. The first-order valence-electron chi connectivity index (χ1n) is 5.51. The first-order valence-corrected chi connectivity index (χ1v) is 7.33. The van der Waals surface area contributed by atoms with E-state index in [4.69, 9.17) is 4.74 Å². The van der Waals surface area contributed by atoms with E-state index in [0.717, 1.165) is 6.42 Å². The molecule has 5 heteroatoms. The quantitative estimate of drug-likeness (QED) is 0.645. The van der Waals surface area contributed by atoms with Gasteiger partial charge in [-0.3, -0.25) is 0 Å². The van der Waals surface area contributed by atoms with E-state index in [2.05, 4.69) is 5.32 Å². The number of nitrogens with one attached hydrogen (secondary N) is 1. The molecule has 1 N–H and O–H groups in total. The Morgan fingerprint density at radius 3 is 2.47 bits per heavy atom. The van der Waals surface area contributed by atoms with Gasteiger partial charge in [0.15, 0.2) is 0 Å². The molecule has 0 saturated heterocycles. The predicted molar refractivity (Wildman–Crippen MR) is 62.9 cm³/mol. The zero-order valence-electron chi connectivity index (χ0n) is 9.95. The fourth-order valence-corrected chi connectivity index (χ4v) is 2.16. The fraction of sp³-hybridized carbons (Fsp3) is 1.00. The van der Waals surface area contributed by atoms with Gasteiger partial charge >= 0.3 is 0 Å². The van der Waals surface area contributed by atoms with Crippen LogP contribution in [0.25, 0.3) is 0 Å². The predicted octanol–water partition coefficient (Wildman–Crippen LogP) is 0.826. The summed E-state index contributed by atoms with van der Waals surface area (Å²) < 4.78 is 27.7. The maximum Gasteiger partial charge on any atom is 0.150 e. The normalized spacial score (nSPS) is 14.1. The van der Waals surface area contributed by atoms with Crippen LogP contribution in [0.5, 0.6) is 0 Å². The summed E-state index contributed by atoms with van der Waals surface area (Å²) in [6, 6.07) is 0.261. The highest BCUT2D eigenvalue weighted by molar-refractivity contribution is 7.91. The second-order valence-electron chi connectivity index (χ2n) is 3.52. The van der Waals surface area contributed by atoms with Gasteiger partial charge in [-0.25, -0.2) is 8.42 Å². The number of sulfone groups is 1. The van der Waals surface area contributed by atoms with Crippen LogP contribution in [0.2, 0.25) is 0 Å². The van der Waals surface area contributed by atoms with E-state index in [1.807, 2.05) is 14.0 Å². The third-order valence-corrected chi connectivity index (χ3v) is 4.17. The second kappa shape index (κ2) is 8.07. The van der Waals surface area contributed by atoms with E-state index in [-0.39, 0.29) is 17.5 Å². The lowest BCUT2D eigenvalue weighted by atomic mass is 10.2. The average Bonchev–Trinajstić information content (AvgIpc) is 2.23. The Hall–Kier alpha value is -0.130. The minimum Gasteiger partial charge on any atom is -0.380 e. The summed E-state index contributed by atoms with van der Waals surface area (Å²) in [4.78, 5) is 0. The molecule has 0 radical (unpaired) electrons. The maximum absolute atomic E-state index is 11.2. The molecule has 92 valence electrons. The van der Waals surface area contributed by atoms with Crippen molar-refractivity contribution in [1.82, 2.24) is 5.32 Å². The van der Waals surface area contributed by atoms with Gasteiger partial charge in [0.1, 0.15) is 9.84 Å². The van der Waals surface area contributed by atoms with Gasteiger partial charge in [0.05, 0.1) is 12.4 Å². The van der Waals surface area contributed by atoms with Crippen LogP contribution in [0.3, 0.4) is 0 Å². The number of likely N-dealkylation sites (N-methyl/N-ethyl adjacent to an activating group) is 1. The molecule has 0 saturated carbocycles. The molecule has 1 unspecified atom stereocenters. The molecule has 0 aliphatic heterocycles. The van der Waals surface area contributed by atoms with Gasteiger partial charge in [0.25, 0.3) is 0 Å². The zero-order valence-corrected chi connectivity index (χ0v) is 10.8. The number of hydrogen-bond acceptors (Lipinski definition) is 4. The van der Waals surface area contributed by atoms with E-state index >= 15 is 0 Å². The van der Waals surface area contributed by atoms with Crippen LogP contribution in [0, 0.1) is 0 Å². The first kappa shape index (κ1) is 14.9. The molecule has 0 rings (SSSR count). The lowest BCUT2D eigenvalue weighted by molar-refractivity contribution is 0.122. The van der Waals surface area contributed by atoms with Crippen molar-refractivity contribution in [2.75, 3.05) is 31.8 Å². The Bertz CT molecular complexity index is 239. The molecule has 0 aromatic carbocycles. The molecular formula is C10H23NO3S. The van der Waals surface area contributed by atoms with Crippen LogP contribution in [0.15, 0.2) is 0 Å². The van der Waals surface area contributed by atoms with Crippen molar-refractivity contribution in [1.29, 1.82) is 0 Å². The highest BCUT2D eigenvalue weighted by Crippen LogP contribution is 2.02. The number of hydrogen-bond donors (Lipinski definition) is 1. The van der Waals surface area contributed by atoms with Crippen molar-refractivity contribution in [2.24, 2.45) is 0 Å². The Labute approximate surface area is 93.3 Å². The molecule has 0 aliphatic carbocycles. The number of ether oxygens (including phenoxy) is 1. The summed E-state index contributed by atoms with van der Waals surface area (Å²) >= 11 is 0. The Morgan fingerprint density at radius 1 is 1.33 bits per heavy atom. The second-order valence-corrected chi connectivity index (χ2v) is 6.00. The maximum atomic E-state index is 11.2. The molecule has 0 aromatic rings. The van der Waals surface area contributed by atoms with Crippen molar-refractivity contribution in [3.05, 3.63) is 0 Å². The van der Waals surface area contributed by atoms with E-state index in [1.54, 1.807) is 6.92 Å². The highest BCUT2D eigenvalue weighted by Gasteiger charge is 2.10. The van der Waals surface area contributed by atoms with E-state index < -0.39 is 9.84 Å². The molecule has 0 aromatic heterocycles. The van der Waals surface area contributed by atoms with Gasteiger partial charge < -0.3 is 10.1 Å². The minimum absolute atomic E-state index is 0.239. The Kier molecular flexibility index (Phi) is 8.00. The van der Waals surface area contributed by atoms with Crippen LogP contribution >= 0.6 is 0 Å². The first-order chi connectivity index (χ1) is 7.05. The minimum atomic E-state index is -2.81. The van der Waals surface area contributed by atoms with Gasteiger partial charge in [0, 0.05) is 18.4 Å². The molecule has 0 bridgehead atoms. The molecule has 0 amide bonds. The molecule has 0 aliphatic rings. The van der Waals surface area contributed by atoms with Gasteiger partial charge in [0.2, 0.25) is 0 Å². The topological polar surface area (TPSA) is 55.4 Å². The van der Waals surface area contributed by atoms with Crippen molar-refractivity contribution in [2.45, 2.75) is 32.7 Å². The summed E-state index contributed by atoms with van der Waals surface area (Å²) in [7, 11) is -0.939. The van der Waals surface area contributed by atoms with Crippen LogP contribution in [0.4, 0.5) is 0 Å². The lowest BCUT2D eigenvalue weighted by Crippen LogP contribution is -2.31. The van der Waals surface area contributed by atoms with Crippen LogP contribution in [0.1, 0.15) is 26.7 Å². The summed E-state index contributed by atoms with van der Waals surface area (Å²) in [5.74, 6) is 0.524. The Balaban J connectivity index is 3.72. The van der Waals surface area contributed by atoms with E-state index in [9.17, 15) is 8.42 Å². The molecule has 1 atom stereocenters. The van der Waals surface area contributed by atoms with Crippen molar-refractivity contribution in [3.8, 4) is 0 Å². The smallest absolute Gasteiger partial charge is 0.150 e. The van der Waals surface area contributed by atoms with Crippen molar-refractivity contribution >= 4 is 9.84 Å². The number of rotatable bonds is 9. The monoisotopic (exact) mass is 237 g/mol. The summed E-state index contributed by atoms with van der Waals surface area (Å²) in [5, 5.41) is 3.12. The SMILES string of the molecule is CCOCC(CCCS(=O)(=O)CC)NC. The molecule has 0 spiro atoms. The molecular weight excluding hydrogens is 214 g/mol. The Morgan fingerprint density at radius 2 is 2.00 bits per heavy atom. The van der Waals surface area contributed by atoms with Crippen LogP contribution in [-0.4, -0.2) is 46.2 Å². The molecule has 0 heterocycles. The highest BCUT2D eigenvalue weighted by atomic mass is 32.2. The summed E-state index contributed by atoms with van der Waals surface area (Å²) in [6.07, 6.45) is 1.55. The van der Waals surface area contributed by atoms with Crippen LogP contribution in [-0.2, 0) is 14.6 Å². The lowest BCUT2D eigenvalue weighted by Gasteiger charge is -2.15. The van der Waals surface area contributed by atoms with E-state index in [1.165, 1.54) is 0 Å².